The molecule has 0 aliphatic rings. The lowest BCUT2D eigenvalue weighted by Gasteiger charge is -2.00. The number of nitrogens with zero attached hydrogens (tertiary/aromatic N) is 3. The number of aromatic nitrogens is 3. The van der Waals surface area contributed by atoms with E-state index in [2.05, 4.69) is 36.2 Å². The molecule has 8 heteroatoms. The van der Waals surface area contributed by atoms with Gasteiger partial charge in [0.2, 0.25) is 0 Å². The number of hydrogen-bond acceptors (Lipinski definition) is 6. The first-order valence-corrected chi connectivity index (χ1v) is 10.5. The highest BCUT2D eigenvalue weighted by molar-refractivity contribution is 9.10. The third-order valence-electron chi connectivity index (χ3n) is 3.73. The van der Waals surface area contributed by atoms with Gasteiger partial charge in [-0.3, -0.25) is 15.1 Å². The Bertz CT molecular complexity index is 1110. The number of halogens is 1. The van der Waals surface area contributed by atoms with Crippen LogP contribution in [0.2, 0.25) is 0 Å². The summed E-state index contributed by atoms with van der Waals surface area (Å²) in [4.78, 5) is 26.5. The monoisotopic (exact) mass is 456 g/mol. The molecule has 0 radical (unpaired) electrons. The van der Waals surface area contributed by atoms with Crippen molar-refractivity contribution in [1.29, 1.82) is 0 Å². The summed E-state index contributed by atoms with van der Waals surface area (Å²) in [6, 6.07) is 13.5. The number of hydrogen-bond donors (Lipinski definition) is 1. The molecule has 0 unspecified atom stereocenters. The minimum absolute atomic E-state index is 0.206. The molecule has 5 nitrogen and oxygen atoms in total. The van der Waals surface area contributed by atoms with Crippen molar-refractivity contribution >= 4 is 49.6 Å². The van der Waals surface area contributed by atoms with Crippen molar-refractivity contribution in [3.05, 3.63) is 69.1 Å². The Morgan fingerprint density at radius 3 is 2.78 bits per heavy atom. The van der Waals surface area contributed by atoms with Crippen molar-refractivity contribution in [2.24, 2.45) is 0 Å². The smallest absolute Gasteiger partial charge is 0.269 e. The number of rotatable bonds is 4. The van der Waals surface area contributed by atoms with Crippen LogP contribution in [0, 0.1) is 6.92 Å². The van der Waals surface area contributed by atoms with Crippen LogP contribution in [0.15, 0.2) is 58.5 Å². The van der Waals surface area contributed by atoms with Gasteiger partial charge in [0.25, 0.3) is 5.91 Å². The zero-order valence-corrected chi connectivity index (χ0v) is 17.4. The van der Waals surface area contributed by atoms with Crippen LogP contribution in [-0.4, -0.2) is 20.9 Å². The first-order valence-electron chi connectivity index (χ1n) is 8.02. The highest BCUT2D eigenvalue weighted by atomic mass is 79.9. The van der Waals surface area contributed by atoms with Crippen molar-refractivity contribution in [2.75, 3.05) is 5.32 Å². The van der Waals surface area contributed by atoms with Crippen LogP contribution in [0.3, 0.4) is 0 Å². The second kappa shape index (κ2) is 7.67. The summed E-state index contributed by atoms with van der Waals surface area (Å²) in [5, 5.41) is 6.09. The normalized spacial score (nSPS) is 10.7. The molecule has 0 aliphatic carbocycles. The summed E-state index contributed by atoms with van der Waals surface area (Å²) < 4.78 is 0.987. The van der Waals surface area contributed by atoms with Gasteiger partial charge in [0.15, 0.2) is 5.13 Å². The highest BCUT2D eigenvalue weighted by Gasteiger charge is 2.18. The molecule has 0 bridgehead atoms. The van der Waals surface area contributed by atoms with Gasteiger partial charge in [-0.2, -0.15) is 0 Å². The van der Waals surface area contributed by atoms with Crippen molar-refractivity contribution in [2.45, 2.75) is 6.92 Å². The Morgan fingerprint density at radius 1 is 1.11 bits per heavy atom. The molecule has 0 atom stereocenters. The van der Waals surface area contributed by atoms with Gasteiger partial charge in [-0.25, -0.2) is 9.97 Å². The summed E-state index contributed by atoms with van der Waals surface area (Å²) in [5.74, 6) is -0.206. The molecule has 0 fully saturated rings. The van der Waals surface area contributed by atoms with Gasteiger partial charge < -0.3 is 0 Å². The molecule has 4 rings (SSSR count). The molecular weight excluding hydrogens is 444 g/mol. The fourth-order valence-electron chi connectivity index (χ4n) is 2.47. The lowest BCUT2D eigenvalue weighted by atomic mass is 10.2. The molecular formula is C19H13BrN4OS2. The maximum atomic E-state index is 12.7. The SMILES string of the molecule is Cc1nc(-c2ccccn2)sc1C(=O)Nc1nc(-c2cccc(Br)c2)cs1. The molecule has 0 aliphatic heterocycles. The van der Waals surface area contributed by atoms with Crippen LogP contribution in [0.4, 0.5) is 5.13 Å². The van der Waals surface area contributed by atoms with E-state index in [1.165, 1.54) is 22.7 Å². The summed E-state index contributed by atoms with van der Waals surface area (Å²) in [6.07, 6.45) is 1.71. The largest absolute Gasteiger partial charge is 0.297 e. The highest BCUT2D eigenvalue weighted by Crippen LogP contribution is 2.29. The predicted octanol–water partition coefficient (Wildman–Crippen LogP) is 5.65. The van der Waals surface area contributed by atoms with Gasteiger partial charge in [0, 0.05) is 21.6 Å². The van der Waals surface area contributed by atoms with Crippen LogP contribution in [0.25, 0.3) is 22.0 Å². The average Bonchev–Trinajstić information content (AvgIpc) is 3.29. The predicted molar refractivity (Wildman–Crippen MR) is 113 cm³/mol. The zero-order chi connectivity index (χ0) is 18.8. The fourth-order valence-corrected chi connectivity index (χ4v) is 4.52. The van der Waals surface area contributed by atoms with E-state index in [1.807, 2.05) is 54.8 Å². The Hall–Kier alpha value is -2.42. The topological polar surface area (TPSA) is 67.8 Å². The Kier molecular flexibility index (Phi) is 5.11. The quantitative estimate of drug-likeness (QED) is 0.430. The minimum atomic E-state index is -0.206. The van der Waals surface area contributed by atoms with Crippen LogP contribution in [0.1, 0.15) is 15.4 Å². The van der Waals surface area contributed by atoms with E-state index in [4.69, 9.17) is 0 Å². The van der Waals surface area contributed by atoms with E-state index in [0.29, 0.717) is 15.7 Å². The van der Waals surface area contributed by atoms with Crippen molar-refractivity contribution in [3.8, 4) is 22.0 Å². The maximum Gasteiger partial charge on any atom is 0.269 e. The molecule has 3 aromatic heterocycles. The minimum Gasteiger partial charge on any atom is -0.297 e. The summed E-state index contributed by atoms with van der Waals surface area (Å²) in [5.41, 5.74) is 3.26. The van der Waals surface area contributed by atoms with Crippen LogP contribution < -0.4 is 5.32 Å². The second-order valence-corrected chi connectivity index (χ2v) is 8.42. The van der Waals surface area contributed by atoms with E-state index >= 15 is 0 Å². The molecule has 0 saturated heterocycles. The van der Waals surface area contributed by atoms with Crippen LogP contribution in [-0.2, 0) is 0 Å². The number of benzene rings is 1. The molecule has 0 saturated carbocycles. The first-order chi connectivity index (χ1) is 13.1. The van der Waals surface area contributed by atoms with Gasteiger partial charge in [-0.1, -0.05) is 34.1 Å². The molecule has 1 N–H and O–H groups in total. The number of aryl methyl sites for hydroxylation is 1. The third-order valence-corrected chi connectivity index (χ3v) is 6.16. The standard InChI is InChI=1S/C19H13BrN4OS2/c1-11-16(27-18(22-11)14-7-2-3-8-21-14)17(25)24-19-23-15(10-26-19)12-5-4-6-13(20)9-12/h2-10H,1H3,(H,23,24,25). The molecule has 134 valence electrons. The lowest BCUT2D eigenvalue weighted by molar-refractivity contribution is 0.103. The van der Waals surface area contributed by atoms with Crippen molar-refractivity contribution < 1.29 is 4.79 Å². The Labute approximate surface area is 172 Å². The van der Waals surface area contributed by atoms with Crippen molar-refractivity contribution in [3.63, 3.8) is 0 Å². The fraction of sp³-hybridized carbons (Fsp3) is 0.0526. The summed E-state index contributed by atoms with van der Waals surface area (Å²) >= 11 is 6.19. The Morgan fingerprint density at radius 2 is 2.00 bits per heavy atom. The number of anilines is 1. The van der Waals surface area contributed by atoms with Gasteiger partial charge in [0.05, 0.1) is 17.1 Å². The van der Waals surface area contributed by atoms with E-state index in [0.717, 1.165) is 26.4 Å². The Balaban J connectivity index is 1.54. The average molecular weight is 457 g/mol. The van der Waals surface area contributed by atoms with Crippen LogP contribution >= 0.6 is 38.6 Å². The van der Waals surface area contributed by atoms with Gasteiger partial charge in [-0.15, -0.1) is 22.7 Å². The summed E-state index contributed by atoms with van der Waals surface area (Å²) in [6.45, 7) is 1.83. The first kappa shape index (κ1) is 18.0. The number of pyridine rings is 1. The third kappa shape index (κ3) is 3.97. The van der Waals surface area contributed by atoms with E-state index < -0.39 is 0 Å². The van der Waals surface area contributed by atoms with Crippen LogP contribution in [0.5, 0.6) is 0 Å². The van der Waals surface area contributed by atoms with E-state index in [9.17, 15) is 4.79 Å². The number of carbonyl (C=O) groups is 1. The van der Waals surface area contributed by atoms with Gasteiger partial charge in [0.1, 0.15) is 9.88 Å². The number of amides is 1. The van der Waals surface area contributed by atoms with Crippen molar-refractivity contribution in [1.82, 2.24) is 15.0 Å². The van der Waals surface area contributed by atoms with Gasteiger partial charge in [-0.05, 0) is 31.2 Å². The van der Waals surface area contributed by atoms with Gasteiger partial charge >= 0.3 is 0 Å². The molecule has 1 aromatic carbocycles. The molecule has 3 heterocycles. The molecule has 1 amide bonds. The lowest BCUT2D eigenvalue weighted by Crippen LogP contribution is -2.11. The second-order valence-electron chi connectivity index (χ2n) is 5.65. The molecule has 4 aromatic rings. The van der Waals surface area contributed by atoms with E-state index in [1.54, 1.807) is 6.20 Å². The number of carbonyl (C=O) groups excluding carboxylic acids is 1. The molecule has 27 heavy (non-hydrogen) atoms. The summed E-state index contributed by atoms with van der Waals surface area (Å²) in [7, 11) is 0. The van der Waals surface area contributed by atoms with E-state index in [-0.39, 0.29) is 5.91 Å². The number of nitrogens with one attached hydrogen (secondary N) is 1. The number of thiazole rings is 2. The molecule has 0 spiro atoms. The maximum absolute atomic E-state index is 12.7. The zero-order valence-electron chi connectivity index (χ0n) is 14.1.